The van der Waals surface area contributed by atoms with Gasteiger partial charge in [0.05, 0.1) is 7.11 Å². The predicted octanol–water partition coefficient (Wildman–Crippen LogP) is 2.98. The molecule has 4 nitrogen and oxygen atoms in total. The van der Waals surface area contributed by atoms with Crippen molar-refractivity contribution in [3.8, 4) is 11.5 Å². The molecule has 0 bridgehead atoms. The number of amides is 1. The number of nitrogens with one attached hydrogen (secondary N) is 1. The molecule has 2 rings (SSSR count). The molecule has 2 aromatic carbocycles. The van der Waals surface area contributed by atoms with Crippen molar-refractivity contribution in [2.45, 2.75) is 4.90 Å². The van der Waals surface area contributed by atoms with Crippen LogP contribution in [0.3, 0.4) is 0 Å². The minimum Gasteiger partial charge on any atom is -0.497 e. The maximum absolute atomic E-state index is 11.7. The number of benzene rings is 2. The molecule has 0 fully saturated rings. The number of carbonyl (C=O) groups excluding carboxylic acids is 1. The normalized spacial score (nSPS) is 10.0. The van der Waals surface area contributed by atoms with Crippen molar-refractivity contribution in [1.29, 1.82) is 0 Å². The minimum atomic E-state index is -0.128. The van der Waals surface area contributed by atoms with Crippen LogP contribution in [0.1, 0.15) is 0 Å². The Morgan fingerprint density at radius 3 is 2.64 bits per heavy atom. The van der Waals surface area contributed by atoms with E-state index in [-0.39, 0.29) is 12.5 Å². The number of hydrogen-bond donors (Lipinski definition) is 1. The molecule has 2 aromatic rings. The van der Waals surface area contributed by atoms with Crippen molar-refractivity contribution in [3.05, 3.63) is 54.6 Å². The number of rotatable bonds is 8. The third-order valence-corrected chi connectivity index (χ3v) is 3.86. The van der Waals surface area contributed by atoms with Crippen molar-refractivity contribution in [1.82, 2.24) is 5.32 Å². The van der Waals surface area contributed by atoms with E-state index in [9.17, 15) is 4.79 Å². The molecular formula is C17H19NO3S. The molecule has 0 aliphatic heterocycles. The lowest BCUT2D eigenvalue weighted by molar-refractivity contribution is -0.122. The summed E-state index contributed by atoms with van der Waals surface area (Å²) >= 11 is 1.71. The molecule has 1 amide bonds. The maximum Gasteiger partial charge on any atom is 0.257 e. The summed E-state index contributed by atoms with van der Waals surface area (Å²) in [5.41, 5.74) is 0. The van der Waals surface area contributed by atoms with Gasteiger partial charge in [0.15, 0.2) is 6.61 Å². The van der Waals surface area contributed by atoms with Gasteiger partial charge in [0.1, 0.15) is 11.5 Å². The van der Waals surface area contributed by atoms with E-state index in [2.05, 4.69) is 17.4 Å². The first-order valence-corrected chi connectivity index (χ1v) is 7.98. The average Bonchev–Trinajstić information content (AvgIpc) is 2.58. The second-order valence-electron chi connectivity index (χ2n) is 4.48. The highest BCUT2D eigenvalue weighted by Crippen LogP contribution is 2.18. The van der Waals surface area contributed by atoms with Gasteiger partial charge in [0.2, 0.25) is 0 Å². The maximum atomic E-state index is 11.7. The van der Waals surface area contributed by atoms with E-state index in [1.807, 2.05) is 30.3 Å². The van der Waals surface area contributed by atoms with Gasteiger partial charge in [-0.1, -0.05) is 24.3 Å². The van der Waals surface area contributed by atoms with E-state index in [0.29, 0.717) is 18.0 Å². The lowest BCUT2D eigenvalue weighted by Gasteiger charge is -2.08. The van der Waals surface area contributed by atoms with E-state index >= 15 is 0 Å². The number of carbonyl (C=O) groups is 1. The summed E-state index contributed by atoms with van der Waals surface area (Å²) in [6.07, 6.45) is 0. The van der Waals surface area contributed by atoms with Crippen LogP contribution in [0.4, 0.5) is 0 Å². The first-order valence-electron chi connectivity index (χ1n) is 6.99. The quantitative estimate of drug-likeness (QED) is 0.601. The van der Waals surface area contributed by atoms with E-state index in [0.717, 1.165) is 5.75 Å². The van der Waals surface area contributed by atoms with Gasteiger partial charge in [-0.25, -0.2) is 0 Å². The average molecular weight is 317 g/mol. The number of hydrogen-bond acceptors (Lipinski definition) is 4. The number of ether oxygens (including phenoxy) is 2. The number of methoxy groups -OCH3 is 1. The Labute approximate surface area is 134 Å². The summed E-state index contributed by atoms with van der Waals surface area (Å²) in [6.45, 7) is 0.614. The van der Waals surface area contributed by atoms with Crippen LogP contribution >= 0.6 is 11.8 Å². The molecule has 0 spiro atoms. The Bertz CT molecular complexity index is 589. The van der Waals surface area contributed by atoms with Crippen LogP contribution in [-0.2, 0) is 4.79 Å². The standard InChI is InChI=1S/C17H19NO3S/c1-20-14-6-5-7-15(12-14)21-13-17(19)18-10-11-22-16-8-3-2-4-9-16/h2-9,12H,10-11,13H2,1H3,(H,18,19). The highest BCUT2D eigenvalue weighted by molar-refractivity contribution is 7.99. The molecule has 0 saturated heterocycles. The van der Waals surface area contributed by atoms with Gasteiger partial charge in [-0.05, 0) is 24.3 Å². The van der Waals surface area contributed by atoms with E-state index in [1.165, 1.54) is 4.90 Å². The zero-order valence-electron chi connectivity index (χ0n) is 12.5. The summed E-state index contributed by atoms with van der Waals surface area (Å²) in [6, 6.07) is 17.3. The largest absolute Gasteiger partial charge is 0.497 e. The van der Waals surface area contributed by atoms with Crippen molar-refractivity contribution >= 4 is 17.7 Å². The zero-order valence-corrected chi connectivity index (χ0v) is 13.3. The second kappa shape index (κ2) is 9.00. The van der Waals surface area contributed by atoms with Crippen molar-refractivity contribution in [2.24, 2.45) is 0 Å². The number of thioether (sulfide) groups is 1. The Hall–Kier alpha value is -2.14. The van der Waals surface area contributed by atoms with Gasteiger partial charge in [-0.2, -0.15) is 0 Å². The SMILES string of the molecule is COc1cccc(OCC(=O)NCCSc2ccccc2)c1. The highest BCUT2D eigenvalue weighted by atomic mass is 32.2. The van der Waals surface area contributed by atoms with Gasteiger partial charge < -0.3 is 14.8 Å². The van der Waals surface area contributed by atoms with Crippen molar-refractivity contribution in [3.63, 3.8) is 0 Å². The van der Waals surface area contributed by atoms with Crippen LogP contribution in [0.25, 0.3) is 0 Å². The molecule has 0 unspecified atom stereocenters. The molecule has 22 heavy (non-hydrogen) atoms. The summed E-state index contributed by atoms with van der Waals surface area (Å²) < 4.78 is 10.5. The third-order valence-electron chi connectivity index (χ3n) is 2.85. The summed E-state index contributed by atoms with van der Waals surface area (Å²) in [5, 5.41) is 2.84. The molecule has 0 heterocycles. The van der Waals surface area contributed by atoms with Crippen molar-refractivity contribution in [2.75, 3.05) is 26.0 Å². The van der Waals surface area contributed by atoms with E-state index < -0.39 is 0 Å². The zero-order chi connectivity index (χ0) is 15.6. The van der Waals surface area contributed by atoms with Crippen LogP contribution in [0.2, 0.25) is 0 Å². The summed E-state index contributed by atoms with van der Waals surface area (Å²) in [5.74, 6) is 2.02. The highest BCUT2D eigenvalue weighted by Gasteiger charge is 2.03. The molecule has 0 aliphatic carbocycles. The first kappa shape index (κ1) is 16.2. The Morgan fingerprint density at radius 1 is 1.09 bits per heavy atom. The molecule has 0 radical (unpaired) electrons. The Balaban J connectivity index is 1.63. The van der Waals surface area contributed by atoms with Gasteiger partial charge in [-0.15, -0.1) is 11.8 Å². The van der Waals surface area contributed by atoms with E-state index in [1.54, 1.807) is 31.0 Å². The van der Waals surface area contributed by atoms with Crippen LogP contribution in [-0.4, -0.2) is 31.9 Å². The monoisotopic (exact) mass is 317 g/mol. The fourth-order valence-corrected chi connectivity index (χ4v) is 2.56. The van der Waals surface area contributed by atoms with E-state index in [4.69, 9.17) is 9.47 Å². The molecule has 5 heteroatoms. The third kappa shape index (κ3) is 5.69. The fraction of sp³-hybridized carbons (Fsp3) is 0.235. The van der Waals surface area contributed by atoms with Crippen LogP contribution < -0.4 is 14.8 Å². The lowest BCUT2D eigenvalue weighted by atomic mass is 10.3. The van der Waals surface area contributed by atoms with Crippen molar-refractivity contribution < 1.29 is 14.3 Å². The molecular weight excluding hydrogens is 298 g/mol. The smallest absolute Gasteiger partial charge is 0.257 e. The molecule has 0 aromatic heterocycles. The van der Waals surface area contributed by atoms with Gasteiger partial charge in [-0.3, -0.25) is 4.79 Å². The molecule has 116 valence electrons. The molecule has 0 atom stereocenters. The molecule has 0 saturated carbocycles. The van der Waals surface area contributed by atoms with Crippen LogP contribution in [0.5, 0.6) is 11.5 Å². The minimum absolute atomic E-state index is 0.00315. The van der Waals surface area contributed by atoms with Gasteiger partial charge in [0.25, 0.3) is 5.91 Å². The first-order chi connectivity index (χ1) is 10.8. The Kier molecular flexibility index (Phi) is 6.64. The predicted molar refractivity (Wildman–Crippen MR) is 88.7 cm³/mol. The Morgan fingerprint density at radius 2 is 1.86 bits per heavy atom. The van der Waals surface area contributed by atoms with Gasteiger partial charge >= 0.3 is 0 Å². The lowest BCUT2D eigenvalue weighted by Crippen LogP contribution is -2.30. The van der Waals surface area contributed by atoms with Gasteiger partial charge in [0, 0.05) is 23.3 Å². The fourth-order valence-electron chi connectivity index (χ4n) is 1.77. The summed E-state index contributed by atoms with van der Waals surface area (Å²) in [4.78, 5) is 12.9. The summed E-state index contributed by atoms with van der Waals surface area (Å²) in [7, 11) is 1.59. The van der Waals surface area contributed by atoms with Crippen LogP contribution in [0.15, 0.2) is 59.5 Å². The van der Waals surface area contributed by atoms with Crippen LogP contribution in [0, 0.1) is 0 Å². The molecule has 1 N–H and O–H groups in total. The second-order valence-corrected chi connectivity index (χ2v) is 5.65. The topological polar surface area (TPSA) is 47.6 Å². The molecule has 0 aliphatic rings.